The first-order valence-corrected chi connectivity index (χ1v) is 10.2. The maximum atomic E-state index is 13.4. The topological polar surface area (TPSA) is 90.0 Å². The number of hydrogen-bond acceptors (Lipinski definition) is 5. The minimum Gasteiger partial charge on any atom is -0.338 e. The van der Waals surface area contributed by atoms with Crippen LogP contribution in [0.3, 0.4) is 0 Å². The number of aromatic nitrogens is 3. The van der Waals surface area contributed by atoms with Gasteiger partial charge in [-0.05, 0) is 43.2 Å². The highest BCUT2D eigenvalue weighted by Crippen LogP contribution is 2.23. The molecule has 2 aromatic heterocycles. The van der Waals surface area contributed by atoms with E-state index in [2.05, 4.69) is 15.5 Å². The molecule has 0 atom stereocenters. The molecule has 0 aliphatic carbocycles. The number of halogens is 1. The lowest BCUT2D eigenvalue weighted by molar-refractivity contribution is 0.102. The summed E-state index contributed by atoms with van der Waals surface area (Å²) in [6, 6.07) is 12.3. The van der Waals surface area contributed by atoms with Gasteiger partial charge in [-0.1, -0.05) is 23.7 Å². The molecule has 1 amide bonds. The van der Waals surface area contributed by atoms with Crippen LogP contribution in [0.5, 0.6) is 0 Å². The molecule has 8 heteroatoms. The quantitative estimate of drug-likeness (QED) is 0.539. The van der Waals surface area contributed by atoms with Crippen LogP contribution in [0.2, 0.25) is 0 Å². The van der Waals surface area contributed by atoms with Crippen molar-refractivity contribution in [1.29, 1.82) is 0 Å². The van der Waals surface area contributed by atoms with Gasteiger partial charge in [0.1, 0.15) is 17.3 Å². The van der Waals surface area contributed by atoms with Gasteiger partial charge in [-0.2, -0.15) is 0 Å². The maximum Gasteiger partial charge on any atom is 0.261 e. The van der Waals surface area contributed by atoms with Crippen LogP contribution in [0.1, 0.15) is 35.4 Å². The predicted molar refractivity (Wildman–Crippen MR) is 113 cm³/mol. The average molecular weight is 418 g/mol. The standard InChI is InChI=1S/C23H19FN4O3/c24-16-6-4-5-14(11-16)18-13-21(31-27-18)26-22(29)15-8-9-17-19(12-15)25-20-7-2-1-3-10-28(20)23(17)30/h4-6,8-9,11-13H,1-3,7,10H2,(H,26,29). The zero-order valence-electron chi connectivity index (χ0n) is 16.6. The second-order valence-corrected chi connectivity index (χ2v) is 7.57. The van der Waals surface area contributed by atoms with E-state index >= 15 is 0 Å². The van der Waals surface area contributed by atoms with E-state index < -0.39 is 5.91 Å². The number of amides is 1. The van der Waals surface area contributed by atoms with Gasteiger partial charge >= 0.3 is 0 Å². The van der Waals surface area contributed by atoms with Gasteiger partial charge in [0, 0.05) is 30.2 Å². The zero-order valence-corrected chi connectivity index (χ0v) is 16.6. The number of carbonyl (C=O) groups is 1. The molecule has 31 heavy (non-hydrogen) atoms. The molecule has 156 valence electrons. The van der Waals surface area contributed by atoms with Crippen molar-refractivity contribution < 1.29 is 13.7 Å². The molecule has 1 aliphatic heterocycles. The van der Waals surface area contributed by atoms with Crippen molar-refractivity contribution in [3.05, 3.63) is 76.1 Å². The molecule has 0 unspecified atom stereocenters. The monoisotopic (exact) mass is 418 g/mol. The summed E-state index contributed by atoms with van der Waals surface area (Å²) in [6.45, 7) is 0.679. The summed E-state index contributed by atoms with van der Waals surface area (Å²) in [6.07, 6.45) is 3.79. The Hall–Kier alpha value is -3.81. The molecule has 4 aromatic rings. The van der Waals surface area contributed by atoms with Crippen LogP contribution in [-0.2, 0) is 13.0 Å². The van der Waals surface area contributed by atoms with Gasteiger partial charge in [0.2, 0.25) is 5.88 Å². The lowest BCUT2D eigenvalue weighted by atomic mass is 10.1. The van der Waals surface area contributed by atoms with E-state index in [0.29, 0.717) is 34.3 Å². The Balaban J connectivity index is 1.42. The third-order valence-electron chi connectivity index (χ3n) is 5.45. The zero-order chi connectivity index (χ0) is 21.4. The van der Waals surface area contributed by atoms with Gasteiger partial charge in [0.15, 0.2) is 0 Å². The van der Waals surface area contributed by atoms with Crippen molar-refractivity contribution in [2.75, 3.05) is 5.32 Å². The number of carbonyl (C=O) groups excluding carboxylic acids is 1. The number of fused-ring (bicyclic) bond motifs is 2. The van der Waals surface area contributed by atoms with Crippen molar-refractivity contribution in [1.82, 2.24) is 14.7 Å². The highest BCUT2D eigenvalue weighted by Gasteiger charge is 2.16. The number of nitrogens with one attached hydrogen (secondary N) is 1. The van der Waals surface area contributed by atoms with Gasteiger partial charge in [-0.15, -0.1) is 0 Å². The van der Waals surface area contributed by atoms with E-state index in [1.54, 1.807) is 34.9 Å². The van der Waals surface area contributed by atoms with Crippen LogP contribution in [-0.4, -0.2) is 20.6 Å². The summed E-state index contributed by atoms with van der Waals surface area (Å²) >= 11 is 0. The van der Waals surface area contributed by atoms with Crippen molar-refractivity contribution in [3.8, 4) is 11.3 Å². The minimum absolute atomic E-state index is 0.0659. The molecule has 0 saturated carbocycles. The molecule has 3 heterocycles. The molecule has 0 saturated heterocycles. The lowest BCUT2D eigenvalue weighted by Crippen LogP contribution is -2.24. The fourth-order valence-corrected chi connectivity index (χ4v) is 3.86. The van der Waals surface area contributed by atoms with E-state index in [1.807, 2.05) is 0 Å². The molecular formula is C23H19FN4O3. The van der Waals surface area contributed by atoms with E-state index in [9.17, 15) is 14.0 Å². The number of hydrogen-bond donors (Lipinski definition) is 1. The second kappa shape index (κ2) is 7.79. The van der Waals surface area contributed by atoms with E-state index in [0.717, 1.165) is 31.5 Å². The van der Waals surface area contributed by atoms with Crippen LogP contribution >= 0.6 is 0 Å². The van der Waals surface area contributed by atoms with Crippen molar-refractivity contribution >= 4 is 22.7 Å². The van der Waals surface area contributed by atoms with Crippen LogP contribution in [0.4, 0.5) is 10.3 Å². The summed E-state index contributed by atoms with van der Waals surface area (Å²) in [5.41, 5.74) is 1.74. The third-order valence-corrected chi connectivity index (χ3v) is 5.45. The molecule has 5 rings (SSSR count). The number of anilines is 1. The highest BCUT2D eigenvalue weighted by molar-refractivity contribution is 6.05. The molecule has 0 radical (unpaired) electrons. The van der Waals surface area contributed by atoms with Crippen molar-refractivity contribution in [2.45, 2.75) is 32.2 Å². The average Bonchev–Trinajstić information content (AvgIpc) is 3.10. The molecule has 1 aliphatic rings. The first kappa shape index (κ1) is 19.2. The van der Waals surface area contributed by atoms with Crippen LogP contribution in [0.15, 0.2) is 57.8 Å². The number of nitrogens with zero attached hydrogens (tertiary/aromatic N) is 3. The normalized spacial score (nSPS) is 13.6. The fraction of sp³-hybridized carbons (Fsp3) is 0.217. The molecule has 0 fully saturated rings. The fourth-order valence-electron chi connectivity index (χ4n) is 3.86. The first-order valence-electron chi connectivity index (χ1n) is 10.2. The van der Waals surface area contributed by atoms with Crippen LogP contribution < -0.4 is 10.9 Å². The Morgan fingerprint density at radius 2 is 2.00 bits per heavy atom. The Bertz CT molecular complexity index is 1360. The maximum absolute atomic E-state index is 13.4. The van der Waals surface area contributed by atoms with E-state index in [-0.39, 0.29) is 17.3 Å². The summed E-state index contributed by atoms with van der Waals surface area (Å²) in [4.78, 5) is 30.2. The van der Waals surface area contributed by atoms with Gasteiger partial charge in [0.05, 0.1) is 10.9 Å². The smallest absolute Gasteiger partial charge is 0.261 e. The molecule has 0 bridgehead atoms. The number of aryl methyl sites for hydroxylation is 1. The third kappa shape index (κ3) is 3.72. The predicted octanol–water partition coefficient (Wildman–Crippen LogP) is 4.17. The number of benzene rings is 2. The SMILES string of the molecule is O=C(Nc1cc(-c2cccc(F)c2)no1)c1ccc2c(=O)n3c(nc2c1)CCCCC3. The molecule has 7 nitrogen and oxygen atoms in total. The van der Waals surface area contributed by atoms with Crippen LogP contribution in [0, 0.1) is 5.82 Å². The highest BCUT2D eigenvalue weighted by atomic mass is 19.1. The largest absolute Gasteiger partial charge is 0.338 e. The lowest BCUT2D eigenvalue weighted by Gasteiger charge is -2.10. The van der Waals surface area contributed by atoms with E-state index in [1.165, 1.54) is 18.2 Å². The summed E-state index contributed by atoms with van der Waals surface area (Å²) in [7, 11) is 0. The van der Waals surface area contributed by atoms with Crippen molar-refractivity contribution in [3.63, 3.8) is 0 Å². The van der Waals surface area contributed by atoms with Gasteiger partial charge in [-0.3, -0.25) is 19.5 Å². The number of rotatable bonds is 3. The molecule has 0 spiro atoms. The minimum atomic E-state index is -0.416. The first-order chi connectivity index (χ1) is 15.1. The Kier molecular flexibility index (Phi) is 4.82. The molecule has 2 aromatic carbocycles. The Labute approximate surface area is 176 Å². The van der Waals surface area contributed by atoms with Gasteiger partial charge in [0.25, 0.3) is 11.5 Å². The Morgan fingerprint density at radius 1 is 1.10 bits per heavy atom. The van der Waals surface area contributed by atoms with Crippen molar-refractivity contribution in [2.24, 2.45) is 0 Å². The summed E-state index contributed by atoms with van der Waals surface area (Å²) in [5.74, 6) is 0.103. The van der Waals surface area contributed by atoms with E-state index in [4.69, 9.17) is 4.52 Å². The summed E-state index contributed by atoms with van der Waals surface area (Å²) in [5, 5.41) is 7.02. The van der Waals surface area contributed by atoms with Gasteiger partial charge < -0.3 is 4.52 Å². The van der Waals surface area contributed by atoms with Crippen LogP contribution in [0.25, 0.3) is 22.2 Å². The Morgan fingerprint density at radius 3 is 2.87 bits per heavy atom. The second-order valence-electron chi connectivity index (χ2n) is 7.57. The molecular weight excluding hydrogens is 399 g/mol. The van der Waals surface area contributed by atoms with Gasteiger partial charge in [-0.25, -0.2) is 9.37 Å². The molecule has 1 N–H and O–H groups in total. The summed E-state index contributed by atoms with van der Waals surface area (Å²) < 4.78 is 20.3.